The van der Waals surface area contributed by atoms with Crippen LogP contribution < -0.4 is 62.5 Å². The van der Waals surface area contributed by atoms with Crippen LogP contribution in [0.4, 0.5) is 0 Å². The second-order valence-electron chi connectivity index (χ2n) is 4.06. The first kappa shape index (κ1) is 49.6. The van der Waals surface area contributed by atoms with Crippen LogP contribution in [-0.4, -0.2) is 38.6 Å². The topological polar surface area (TPSA) is 23.8 Å². The molecule has 2 radical (unpaired) electrons. The van der Waals surface area contributed by atoms with Crippen molar-refractivity contribution in [3.8, 4) is 0 Å². The number of hydrogen-bond acceptors (Lipinski definition) is 1. The predicted molar refractivity (Wildman–Crippen MR) is 75.6 cm³/mol. The Kier molecular flexibility index (Phi) is 117. The molecule has 0 spiro atoms. The Bertz CT molecular complexity index is 131. The molecule has 0 saturated carbocycles. The van der Waals surface area contributed by atoms with Gasteiger partial charge in [-0.2, -0.15) is 0 Å². The summed E-state index contributed by atoms with van der Waals surface area (Å²) >= 11 is -0.839. The molecule has 0 aromatic carbocycles. The summed E-state index contributed by atoms with van der Waals surface area (Å²) in [5.74, 6) is 0. The Morgan fingerprint density at radius 3 is 1.05 bits per heavy atom. The van der Waals surface area contributed by atoms with Gasteiger partial charge in [0.1, 0.15) is 0 Å². The van der Waals surface area contributed by atoms with E-state index in [0.29, 0.717) is 0 Å². The van der Waals surface area contributed by atoms with Crippen LogP contribution in [0.25, 0.3) is 0 Å². The van der Waals surface area contributed by atoms with E-state index in [1.54, 1.807) is 13.3 Å². The second-order valence-corrected chi connectivity index (χ2v) is 12.6. The number of rotatable bonds is 9. The van der Waals surface area contributed by atoms with Crippen LogP contribution in [0.5, 0.6) is 0 Å². The molecule has 8 heteroatoms. The van der Waals surface area contributed by atoms with Crippen molar-refractivity contribution < 1.29 is 79.6 Å². The van der Waals surface area contributed by atoms with Gasteiger partial charge in [-0.1, -0.05) is 0 Å². The zero-order valence-electron chi connectivity index (χ0n) is 14.9. The molecule has 0 heterocycles. The molecule has 0 aliphatic carbocycles. The summed E-state index contributed by atoms with van der Waals surface area (Å²) in [6.07, 6.45) is 8.85. The molecule has 0 unspecified atom stereocenters. The molecule has 0 aromatic rings. The molecular formula is C13H27Cl2CuLi3NSn. The van der Waals surface area contributed by atoms with Crippen molar-refractivity contribution in [3.05, 3.63) is 6.57 Å². The van der Waals surface area contributed by atoms with Crippen molar-refractivity contribution in [2.45, 2.75) is 72.6 Å². The number of nitrogens with zero attached hydrogens (tertiary/aromatic N) is 1. The Balaban J connectivity index is -0.0000000336. The maximum atomic E-state index is 6.25. The molecule has 0 N–H and O–H groups in total. The monoisotopic (exact) mass is 471 g/mol. The SMILES string of the molecule is CCC[CH2][Sn]([CH2]CCC)[CH2]CCC.[C-]#N.[Cl-].[Cl-].[Cu+].[Li+].[Li+].[Li]. The maximum absolute atomic E-state index is 6.25. The Hall–Kier alpha value is 3.18. The summed E-state index contributed by atoms with van der Waals surface area (Å²) in [6, 6.07) is 0. The fourth-order valence-corrected chi connectivity index (χ4v) is 11.1. The quantitative estimate of drug-likeness (QED) is 0.242. The first-order valence-corrected chi connectivity index (χ1v) is 12.5. The fourth-order valence-electron chi connectivity index (χ4n) is 1.66. The van der Waals surface area contributed by atoms with Gasteiger partial charge >= 0.3 is 147 Å². The molecule has 0 aromatic heterocycles. The summed E-state index contributed by atoms with van der Waals surface area (Å²) in [5.41, 5.74) is 0. The van der Waals surface area contributed by atoms with Gasteiger partial charge in [0.2, 0.25) is 0 Å². The van der Waals surface area contributed by atoms with Gasteiger partial charge in [-0.3, -0.25) is 0 Å². The third-order valence-electron chi connectivity index (χ3n) is 2.65. The van der Waals surface area contributed by atoms with Crippen LogP contribution in [-0.2, 0) is 17.1 Å². The van der Waals surface area contributed by atoms with E-state index in [0.717, 1.165) is 0 Å². The van der Waals surface area contributed by atoms with Crippen LogP contribution >= 0.6 is 0 Å². The standard InChI is InChI=1S/3C4H9.CN.2ClH.Cu.3Li.Sn/c3*1-3-4-2;1-2;;;;;;;/h3*1,3-4H2,2H3;;2*1H;;;;;/q;;;-1;;;+1;;2*+1;/p-2. The third kappa shape index (κ3) is 45.1. The van der Waals surface area contributed by atoms with Crippen LogP contribution in [0.1, 0.15) is 59.3 Å². The van der Waals surface area contributed by atoms with Crippen LogP contribution in [0.3, 0.4) is 0 Å². The van der Waals surface area contributed by atoms with Gasteiger partial charge in [0.15, 0.2) is 0 Å². The van der Waals surface area contributed by atoms with Crippen molar-refractivity contribution in [2.75, 3.05) is 0 Å². The zero-order valence-corrected chi connectivity index (χ0v) is 20.2. The fraction of sp³-hybridized carbons (Fsp3) is 0.923. The average Bonchev–Trinajstić information content (AvgIpc) is 2.31. The molecule has 0 amide bonds. The van der Waals surface area contributed by atoms with Gasteiger partial charge in [-0.05, 0) is 0 Å². The molecule has 0 saturated heterocycles. The number of hydrogen-bond donors (Lipinski definition) is 0. The molecule has 0 fully saturated rings. The van der Waals surface area contributed by atoms with E-state index in [1.165, 1.54) is 38.5 Å². The van der Waals surface area contributed by atoms with Gasteiger partial charge in [0.25, 0.3) is 0 Å². The van der Waals surface area contributed by atoms with E-state index in [9.17, 15) is 0 Å². The molecule has 0 aliphatic heterocycles. The molecule has 1 nitrogen and oxygen atoms in total. The average molecular weight is 471 g/mol. The van der Waals surface area contributed by atoms with E-state index in [4.69, 9.17) is 11.8 Å². The van der Waals surface area contributed by atoms with E-state index in [1.807, 2.05) is 0 Å². The van der Waals surface area contributed by atoms with Gasteiger partial charge in [-0.15, -0.1) is 0 Å². The second kappa shape index (κ2) is 49.5. The van der Waals surface area contributed by atoms with Gasteiger partial charge in [0.05, 0.1) is 0 Å². The van der Waals surface area contributed by atoms with Gasteiger partial charge < -0.3 is 36.6 Å². The zero-order chi connectivity index (χ0) is 11.9. The molecule has 116 valence electrons. The third-order valence-corrected chi connectivity index (χ3v) is 11.7. The van der Waals surface area contributed by atoms with E-state index in [2.05, 4.69) is 20.8 Å². The van der Waals surface area contributed by atoms with Crippen LogP contribution in [0.15, 0.2) is 0 Å². The Labute approximate surface area is 200 Å². The van der Waals surface area contributed by atoms with E-state index >= 15 is 0 Å². The van der Waals surface area contributed by atoms with Crippen molar-refractivity contribution >= 4 is 38.6 Å². The largest absolute Gasteiger partial charge is 1.00 e. The summed E-state index contributed by atoms with van der Waals surface area (Å²) in [7, 11) is 0. The van der Waals surface area contributed by atoms with Gasteiger partial charge in [0, 0.05) is 18.9 Å². The minimum atomic E-state index is -0.839. The van der Waals surface area contributed by atoms with Gasteiger partial charge in [-0.25, -0.2) is 0 Å². The molecular weight excluding hydrogens is 444 g/mol. The Morgan fingerprint density at radius 1 is 0.714 bits per heavy atom. The summed E-state index contributed by atoms with van der Waals surface area (Å²) < 4.78 is 5.04. The molecule has 0 atom stereocenters. The molecule has 0 aliphatic rings. The first-order chi connectivity index (χ1) is 7.35. The van der Waals surface area contributed by atoms with E-state index in [-0.39, 0.29) is 98.5 Å². The molecule has 0 rings (SSSR count). The molecule has 0 bridgehead atoms. The molecule has 21 heavy (non-hydrogen) atoms. The Morgan fingerprint density at radius 2 is 0.905 bits per heavy atom. The minimum Gasteiger partial charge on any atom is -1.00 e. The summed E-state index contributed by atoms with van der Waals surface area (Å²) in [4.78, 5) is 0. The first-order valence-electron chi connectivity index (χ1n) is 6.41. The van der Waals surface area contributed by atoms with Crippen LogP contribution in [0, 0.1) is 11.8 Å². The van der Waals surface area contributed by atoms with Crippen LogP contribution in [0.2, 0.25) is 13.3 Å². The summed E-state index contributed by atoms with van der Waals surface area (Å²) in [5, 5.41) is 6.25. The van der Waals surface area contributed by atoms with Crippen molar-refractivity contribution in [1.82, 2.24) is 0 Å². The van der Waals surface area contributed by atoms with E-state index < -0.39 is 19.8 Å². The maximum Gasteiger partial charge on any atom is 1.00 e. The minimum absolute atomic E-state index is 0. The van der Waals surface area contributed by atoms with Crippen molar-refractivity contribution in [1.29, 1.82) is 5.26 Å². The summed E-state index contributed by atoms with van der Waals surface area (Å²) in [6.45, 7) is 11.8. The predicted octanol–water partition coefficient (Wildman–Crippen LogP) is -7.39. The normalized spacial score (nSPS) is 6.95. The number of unbranched alkanes of at least 4 members (excludes halogenated alkanes) is 3. The smallest absolute Gasteiger partial charge is 1.00 e. The van der Waals surface area contributed by atoms with Crippen molar-refractivity contribution in [3.63, 3.8) is 0 Å². The number of halogens is 2. The van der Waals surface area contributed by atoms with Crippen molar-refractivity contribution in [2.24, 2.45) is 0 Å².